The Hall–Kier alpha value is -1.65. The van der Waals surface area contributed by atoms with Gasteiger partial charge < -0.3 is 5.11 Å². The predicted octanol–water partition coefficient (Wildman–Crippen LogP) is 3.33. The minimum Gasteiger partial charge on any atom is -0.480 e. The lowest BCUT2D eigenvalue weighted by Crippen LogP contribution is -2.44. The molecule has 1 aromatic carbocycles. The zero-order chi connectivity index (χ0) is 14.8. The van der Waals surface area contributed by atoms with Crippen LogP contribution in [0.1, 0.15) is 24.8 Å². The molecule has 3 rings (SSSR count). The minimum atomic E-state index is -0.735. The van der Waals surface area contributed by atoms with Gasteiger partial charge in [0.1, 0.15) is 6.04 Å². The monoisotopic (exact) mass is 304 g/mol. The quantitative estimate of drug-likeness (QED) is 0.945. The summed E-state index contributed by atoms with van der Waals surface area (Å²) in [6, 6.07) is 7.22. The number of nitrogens with zero attached hydrogens (tertiary/aromatic N) is 2. The number of hydrogen-bond acceptors (Lipinski definition) is 3. The van der Waals surface area contributed by atoms with Crippen molar-refractivity contribution in [3.8, 4) is 0 Å². The molecule has 4 nitrogen and oxygen atoms in total. The molecule has 0 unspecified atom stereocenters. The first-order chi connectivity index (χ1) is 10.2. The Balaban J connectivity index is 1.94. The molecule has 1 N–H and O–H groups in total. The number of fused-ring (bicyclic) bond motifs is 1. The van der Waals surface area contributed by atoms with Crippen LogP contribution in [0.5, 0.6) is 0 Å². The van der Waals surface area contributed by atoms with Crippen molar-refractivity contribution in [2.75, 3.05) is 6.54 Å². The summed E-state index contributed by atoms with van der Waals surface area (Å²) in [7, 11) is 0. The second-order valence-electron chi connectivity index (χ2n) is 5.43. The van der Waals surface area contributed by atoms with Gasteiger partial charge in [0.15, 0.2) is 0 Å². The van der Waals surface area contributed by atoms with Crippen molar-refractivity contribution in [1.29, 1.82) is 0 Å². The first-order valence-electron chi connectivity index (χ1n) is 7.16. The average Bonchev–Trinajstić information content (AvgIpc) is 2.51. The molecular formula is C16H17ClN2O2. The van der Waals surface area contributed by atoms with E-state index in [1.54, 1.807) is 6.20 Å². The lowest BCUT2D eigenvalue weighted by molar-refractivity contribution is -0.144. The molecule has 1 fully saturated rings. The van der Waals surface area contributed by atoms with Crippen molar-refractivity contribution < 1.29 is 9.90 Å². The summed E-state index contributed by atoms with van der Waals surface area (Å²) in [4.78, 5) is 17.8. The number of aliphatic carboxylic acids is 1. The average molecular weight is 305 g/mol. The Kier molecular flexibility index (Phi) is 4.08. The molecule has 0 spiro atoms. The number of carbonyl (C=O) groups is 1. The molecule has 1 atom stereocenters. The van der Waals surface area contributed by atoms with E-state index < -0.39 is 12.0 Å². The first-order valence-corrected chi connectivity index (χ1v) is 7.53. The topological polar surface area (TPSA) is 53.4 Å². The van der Waals surface area contributed by atoms with Crippen molar-refractivity contribution in [3.63, 3.8) is 0 Å². The van der Waals surface area contributed by atoms with Crippen LogP contribution >= 0.6 is 11.6 Å². The molecule has 0 saturated carbocycles. The van der Waals surface area contributed by atoms with E-state index in [4.69, 9.17) is 11.6 Å². The van der Waals surface area contributed by atoms with Gasteiger partial charge in [-0.1, -0.05) is 24.1 Å². The lowest BCUT2D eigenvalue weighted by atomic mass is 10.0. The van der Waals surface area contributed by atoms with Crippen LogP contribution in [0.4, 0.5) is 0 Å². The van der Waals surface area contributed by atoms with Gasteiger partial charge in [-0.2, -0.15) is 0 Å². The van der Waals surface area contributed by atoms with Gasteiger partial charge in [0.2, 0.25) is 0 Å². The maximum Gasteiger partial charge on any atom is 0.320 e. The molecule has 1 aromatic heterocycles. The van der Waals surface area contributed by atoms with Gasteiger partial charge in [0.05, 0.1) is 5.52 Å². The molecule has 21 heavy (non-hydrogen) atoms. The van der Waals surface area contributed by atoms with Crippen molar-refractivity contribution in [3.05, 3.63) is 41.0 Å². The Morgan fingerprint density at radius 1 is 1.38 bits per heavy atom. The maximum absolute atomic E-state index is 11.4. The largest absolute Gasteiger partial charge is 0.480 e. The number of carboxylic acids is 1. The number of carboxylic acid groups (broad SMARTS) is 1. The zero-order valence-corrected chi connectivity index (χ0v) is 12.4. The molecule has 0 radical (unpaired) electrons. The molecule has 2 heterocycles. The van der Waals surface area contributed by atoms with Crippen LogP contribution in [0.2, 0.25) is 5.02 Å². The fourth-order valence-corrected chi connectivity index (χ4v) is 3.22. The number of rotatable bonds is 3. The molecule has 5 heteroatoms. The van der Waals surface area contributed by atoms with Gasteiger partial charge in [0, 0.05) is 23.2 Å². The third-order valence-electron chi connectivity index (χ3n) is 4.07. The summed E-state index contributed by atoms with van der Waals surface area (Å²) < 4.78 is 0. The van der Waals surface area contributed by atoms with E-state index >= 15 is 0 Å². The number of likely N-dealkylation sites (tertiary alicyclic amines) is 1. The molecule has 0 bridgehead atoms. The number of aromatic nitrogens is 1. The van der Waals surface area contributed by atoms with Crippen LogP contribution in [-0.2, 0) is 11.3 Å². The summed E-state index contributed by atoms with van der Waals surface area (Å²) in [6.45, 7) is 1.41. The van der Waals surface area contributed by atoms with E-state index in [0.29, 0.717) is 18.0 Å². The molecule has 110 valence electrons. The second-order valence-corrected chi connectivity index (χ2v) is 5.83. The van der Waals surface area contributed by atoms with Crippen molar-refractivity contribution in [1.82, 2.24) is 9.88 Å². The van der Waals surface area contributed by atoms with Crippen molar-refractivity contribution in [2.45, 2.75) is 31.8 Å². The van der Waals surface area contributed by atoms with E-state index in [1.807, 2.05) is 29.2 Å². The zero-order valence-electron chi connectivity index (χ0n) is 11.6. The molecular weight excluding hydrogens is 288 g/mol. The smallest absolute Gasteiger partial charge is 0.320 e. The molecule has 0 amide bonds. The summed E-state index contributed by atoms with van der Waals surface area (Å²) in [5.74, 6) is -0.735. The van der Waals surface area contributed by atoms with Crippen molar-refractivity contribution >= 4 is 28.5 Å². The van der Waals surface area contributed by atoms with E-state index in [2.05, 4.69) is 4.98 Å². The van der Waals surface area contributed by atoms with Crippen LogP contribution in [0.15, 0.2) is 30.5 Å². The van der Waals surface area contributed by atoms with E-state index in [9.17, 15) is 9.90 Å². The molecule has 1 saturated heterocycles. The van der Waals surface area contributed by atoms with Crippen LogP contribution in [0.25, 0.3) is 10.9 Å². The third-order valence-corrected chi connectivity index (χ3v) is 4.40. The Bertz CT molecular complexity index is 674. The highest BCUT2D eigenvalue weighted by Gasteiger charge is 2.28. The van der Waals surface area contributed by atoms with E-state index in [1.165, 1.54) is 0 Å². The summed E-state index contributed by atoms with van der Waals surface area (Å²) >= 11 is 6.20. The number of hydrogen-bond donors (Lipinski definition) is 1. The maximum atomic E-state index is 11.4. The molecule has 1 aliphatic heterocycles. The lowest BCUT2D eigenvalue weighted by Gasteiger charge is -2.33. The predicted molar refractivity (Wildman–Crippen MR) is 82.4 cm³/mol. The SMILES string of the molecule is O=C(O)[C@@H]1CCCCN1Cc1ccc(Cl)c2cccnc12. The van der Waals surface area contributed by atoms with Gasteiger partial charge in [-0.3, -0.25) is 14.7 Å². The molecule has 2 aromatic rings. The van der Waals surface area contributed by atoms with Crippen LogP contribution < -0.4 is 0 Å². The first kappa shape index (κ1) is 14.3. The highest BCUT2D eigenvalue weighted by Crippen LogP contribution is 2.27. The minimum absolute atomic E-state index is 0.395. The van der Waals surface area contributed by atoms with Gasteiger partial charge in [-0.05, 0) is 43.1 Å². The van der Waals surface area contributed by atoms with Gasteiger partial charge >= 0.3 is 5.97 Å². The molecule has 0 aliphatic carbocycles. The number of halogens is 1. The fourth-order valence-electron chi connectivity index (χ4n) is 3.00. The van der Waals surface area contributed by atoms with Gasteiger partial charge in [-0.15, -0.1) is 0 Å². The highest BCUT2D eigenvalue weighted by atomic mass is 35.5. The molecule has 1 aliphatic rings. The normalized spacial score (nSPS) is 19.8. The van der Waals surface area contributed by atoms with Crippen LogP contribution in [0, 0.1) is 0 Å². The van der Waals surface area contributed by atoms with Gasteiger partial charge in [-0.25, -0.2) is 0 Å². The summed E-state index contributed by atoms with van der Waals surface area (Å²) in [5, 5.41) is 11.0. The Morgan fingerprint density at radius 2 is 2.24 bits per heavy atom. The number of piperidine rings is 1. The van der Waals surface area contributed by atoms with Crippen LogP contribution in [0.3, 0.4) is 0 Å². The summed E-state index contributed by atoms with van der Waals surface area (Å²) in [5.41, 5.74) is 1.89. The third kappa shape index (κ3) is 2.87. The summed E-state index contributed by atoms with van der Waals surface area (Å²) in [6.07, 6.45) is 4.48. The number of benzene rings is 1. The van der Waals surface area contributed by atoms with Crippen LogP contribution in [-0.4, -0.2) is 33.5 Å². The number of pyridine rings is 1. The van der Waals surface area contributed by atoms with E-state index in [0.717, 1.165) is 35.9 Å². The standard InChI is InChI=1S/C16H17ClN2O2/c17-13-7-6-11(15-12(13)4-3-8-18-15)10-19-9-2-1-5-14(19)16(20)21/h3-4,6-8,14H,1-2,5,9-10H2,(H,20,21)/t14-/m0/s1. The highest BCUT2D eigenvalue weighted by molar-refractivity contribution is 6.35. The Morgan fingerprint density at radius 3 is 3.05 bits per heavy atom. The fraction of sp³-hybridized carbons (Fsp3) is 0.375. The van der Waals surface area contributed by atoms with E-state index in [-0.39, 0.29) is 0 Å². The Labute approximate surface area is 128 Å². The van der Waals surface area contributed by atoms with Crippen molar-refractivity contribution in [2.24, 2.45) is 0 Å². The second kappa shape index (κ2) is 6.00. The van der Waals surface area contributed by atoms with Gasteiger partial charge in [0.25, 0.3) is 0 Å².